The number of amides is 1. The molecule has 1 aromatic heterocycles. The minimum absolute atomic E-state index is 0.277. The Labute approximate surface area is 139 Å². The first-order chi connectivity index (χ1) is 11.7. The molecule has 0 atom stereocenters. The minimum Gasteiger partial charge on any atom is -0.292 e. The molecule has 0 radical (unpaired) electrons. The van der Waals surface area contributed by atoms with Gasteiger partial charge in [-0.3, -0.25) is 30.4 Å². The molecule has 0 saturated carbocycles. The number of hydrogen-bond donors (Lipinski definition) is 2. The molecule has 0 fully saturated rings. The summed E-state index contributed by atoms with van der Waals surface area (Å²) in [6.07, 6.45) is 1.04. The van der Waals surface area contributed by atoms with Crippen molar-refractivity contribution in [2.75, 3.05) is 5.43 Å². The van der Waals surface area contributed by atoms with Crippen LogP contribution in [0.25, 0.3) is 6.08 Å². The fourth-order valence-corrected chi connectivity index (χ4v) is 1.83. The number of nitrogens with one attached hydrogen (secondary N) is 2. The van der Waals surface area contributed by atoms with Gasteiger partial charge in [0.25, 0.3) is 11.6 Å². The van der Waals surface area contributed by atoms with Gasteiger partial charge in [0, 0.05) is 31.0 Å². The molecule has 132 valence electrons. The smallest absolute Gasteiger partial charge is 0.292 e. The summed E-state index contributed by atoms with van der Waals surface area (Å²) in [6, 6.07) is 1.93. The maximum atomic E-state index is 12.6. The average Bonchev–Trinajstić information content (AvgIpc) is 2.95. The predicted octanol–water partition coefficient (Wildman–Crippen LogP) is 2.50. The van der Waals surface area contributed by atoms with Gasteiger partial charge in [-0.25, -0.2) is 0 Å². The van der Waals surface area contributed by atoms with Gasteiger partial charge in [-0.2, -0.15) is 18.3 Å². The highest BCUT2D eigenvalue weighted by atomic mass is 19.4. The Morgan fingerprint density at radius 2 is 2.12 bits per heavy atom. The molecular formula is C14H12F3N5O3. The Bertz CT molecular complexity index is 829. The number of nitrogens with zero attached hydrogens (tertiary/aromatic N) is 3. The van der Waals surface area contributed by atoms with Crippen molar-refractivity contribution in [2.24, 2.45) is 7.05 Å². The van der Waals surface area contributed by atoms with E-state index >= 15 is 0 Å². The molecule has 0 saturated heterocycles. The second kappa shape index (κ2) is 7.03. The zero-order chi connectivity index (χ0) is 18.6. The molecule has 1 amide bonds. The number of alkyl halides is 3. The molecule has 0 aliphatic carbocycles. The normalized spacial score (nSPS) is 11.5. The van der Waals surface area contributed by atoms with Crippen LogP contribution in [0, 0.1) is 10.1 Å². The standard InChI is InChI=1S/C14H12F3N5O3/c1-21-8-9(7-18-21)2-5-13(23)20-19-11-4-3-10(14(15,16)17)6-12(11)22(24)25/h2-8,19H,1H3,(H,20,23)/b5-2+. The van der Waals surface area contributed by atoms with Crippen molar-refractivity contribution >= 4 is 23.4 Å². The van der Waals surface area contributed by atoms with Crippen LogP contribution in [0.15, 0.2) is 36.7 Å². The number of carbonyl (C=O) groups is 1. The lowest BCUT2D eigenvalue weighted by Crippen LogP contribution is -2.28. The molecule has 0 aliphatic rings. The van der Waals surface area contributed by atoms with Crippen molar-refractivity contribution in [1.29, 1.82) is 0 Å². The van der Waals surface area contributed by atoms with Crippen molar-refractivity contribution in [1.82, 2.24) is 15.2 Å². The number of hydrazine groups is 1. The Hall–Kier alpha value is -3.37. The summed E-state index contributed by atoms with van der Waals surface area (Å²) in [7, 11) is 1.70. The quantitative estimate of drug-likeness (QED) is 0.487. The van der Waals surface area contributed by atoms with E-state index in [1.807, 2.05) is 0 Å². The van der Waals surface area contributed by atoms with Crippen LogP contribution >= 0.6 is 0 Å². The van der Waals surface area contributed by atoms with Gasteiger partial charge in [0.2, 0.25) is 0 Å². The van der Waals surface area contributed by atoms with Crippen molar-refractivity contribution in [3.8, 4) is 0 Å². The van der Waals surface area contributed by atoms with E-state index in [0.29, 0.717) is 17.7 Å². The van der Waals surface area contributed by atoms with E-state index in [1.54, 1.807) is 13.2 Å². The van der Waals surface area contributed by atoms with Gasteiger partial charge in [0.05, 0.1) is 16.7 Å². The van der Waals surface area contributed by atoms with Crippen LogP contribution in [0.3, 0.4) is 0 Å². The van der Waals surface area contributed by atoms with Crippen LogP contribution in [-0.2, 0) is 18.0 Å². The van der Waals surface area contributed by atoms with E-state index in [-0.39, 0.29) is 5.69 Å². The molecule has 2 N–H and O–H groups in total. The van der Waals surface area contributed by atoms with Crippen LogP contribution in [-0.4, -0.2) is 20.6 Å². The zero-order valence-electron chi connectivity index (χ0n) is 12.7. The third kappa shape index (κ3) is 4.80. The monoisotopic (exact) mass is 355 g/mol. The summed E-state index contributed by atoms with van der Waals surface area (Å²) in [6.45, 7) is 0. The van der Waals surface area contributed by atoms with E-state index < -0.39 is 28.3 Å². The summed E-state index contributed by atoms with van der Waals surface area (Å²) in [4.78, 5) is 21.6. The number of rotatable bonds is 5. The highest BCUT2D eigenvalue weighted by Crippen LogP contribution is 2.34. The first-order valence-corrected chi connectivity index (χ1v) is 6.75. The maximum absolute atomic E-state index is 12.6. The fraction of sp³-hybridized carbons (Fsp3) is 0.143. The number of hydrogen-bond acceptors (Lipinski definition) is 5. The summed E-state index contributed by atoms with van der Waals surface area (Å²) in [5, 5.41) is 14.8. The number of aromatic nitrogens is 2. The predicted molar refractivity (Wildman–Crippen MR) is 82.1 cm³/mol. The summed E-state index contributed by atoms with van der Waals surface area (Å²) < 4.78 is 39.4. The van der Waals surface area contributed by atoms with Gasteiger partial charge in [-0.1, -0.05) is 0 Å². The second-order valence-electron chi connectivity index (χ2n) is 4.88. The lowest BCUT2D eigenvalue weighted by atomic mass is 10.1. The average molecular weight is 355 g/mol. The summed E-state index contributed by atoms with van der Waals surface area (Å²) in [5.74, 6) is -0.655. The van der Waals surface area contributed by atoms with Gasteiger partial charge in [0.1, 0.15) is 5.69 Å². The molecule has 11 heteroatoms. The number of benzene rings is 1. The molecule has 0 spiro atoms. The van der Waals surface area contributed by atoms with Crippen LogP contribution in [0.2, 0.25) is 0 Å². The highest BCUT2D eigenvalue weighted by Gasteiger charge is 2.33. The van der Waals surface area contributed by atoms with Crippen LogP contribution in [0.1, 0.15) is 11.1 Å². The zero-order valence-corrected chi connectivity index (χ0v) is 12.7. The number of nitro benzene ring substituents is 1. The Morgan fingerprint density at radius 3 is 2.68 bits per heavy atom. The summed E-state index contributed by atoms with van der Waals surface area (Å²) >= 11 is 0. The van der Waals surface area contributed by atoms with E-state index in [0.717, 1.165) is 12.1 Å². The number of anilines is 1. The summed E-state index contributed by atoms with van der Waals surface area (Å²) in [5.41, 5.74) is 2.78. The number of halogens is 3. The van der Waals surface area contributed by atoms with Crippen molar-refractivity contribution in [2.45, 2.75) is 6.18 Å². The maximum Gasteiger partial charge on any atom is 0.416 e. The van der Waals surface area contributed by atoms with Crippen LogP contribution in [0.4, 0.5) is 24.5 Å². The first-order valence-electron chi connectivity index (χ1n) is 6.75. The Balaban J connectivity index is 2.08. The van der Waals surface area contributed by atoms with Gasteiger partial charge in [0.15, 0.2) is 0 Å². The topological polar surface area (TPSA) is 102 Å². The van der Waals surface area contributed by atoms with Crippen LogP contribution in [0.5, 0.6) is 0 Å². The molecule has 1 aromatic carbocycles. The molecule has 25 heavy (non-hydrogen) atoms. The highest BCUT2D eigenvalue weighted by molar-refractivity contribution is 5.92. The van der Waals surface area contributed by atoms with E-state index in [9.17, 15) is 28.1 Å². The van der Waals surface area contributed by atoms with Crippen molar-refractivity contribution in [3.05, 3.63) is 57.9 Å². The van der Waals surface area contributed by atoms with Crippen molar-refractivity contribution < 1.29 is 22.9 Å². The van der Waals surface area contributed by atoms with Crippen LogP contribution < -0.4 is 10.9 Å². The van der Waals surface area contributed by atoms with Gasteiger partial charge in [-0.15, -0.1) is 0 Å². The van der Waals surface area contributed by atoms with E-state index in [1.165, 1.54) is 17.0 Å². The second-order valence-corrected chi connectivity index (χ2v) is 4.88. The SMILES string of the molecule is Cn1cc(/C=C/C(=O)NNc2ccc(C(F)(F)F)cc2[N+](=O)[O-])cn1. The number of carbonyl (C=O) groups excluding carboxylic acids is 1. The third-order valence-corrected chi connectivity index (χ3v) is 2.99. The first kappa shape index (κ1) is 18.0. The lowest BCUT2D eigenvalue weighted by molar-refractivity contribution is -0.384. The third-order valence-electron chi connectivity index (χ3n) is 2.99. The number of aryl methyl sites for hydroxylation is 1. The Morgan fingerprint density at radius 1 is 1.40 bits per heavy atom. The van der Waals surface area contributed by atoms with Gasteiger partial charge >= 0.3 is 6.18 Å². The number of nitro groups is 1. The molecular weight excluding hydrogens is 343 g/mol. The molecule has 2 rings (SSSR count). The van der Waals surface area contributed by atoms with Crippen molar-refractivity contribution in [3.63, 3.8) is 0 Å². The minimum atomic E-state index is -4.71. The molecule has 2 aromatic rings. The Kier molecular flexibility index (Phi) is 5.05. The van der Waals surface area contributed by atoms with E-state index in [4.69, 9.17) is 0 Å². The molecule has 0 bridgehead atoms. The molecule has 8 nitrogen and oxygen atoms in total. The van der Waals surface area contributed by atoms with Gasteiger partial charge in [-0.05, 0) is 18.2 Å². The fourth-order valence-electron chi connectivity index (χ4n) is 1.83. The molecule has 0 unspecified atom stereocenters. The van der Waals surface area contributed by atoms with Gasteiger partial charge < -0.3 is 0 Å². The molecule has 1 heterocycles. The largest absolute Gasteiger partial charge is 0.416 e. The van der Waals surface area contributed by atoms with E-state index in [2.05, 4.69) is 16.0 Å². The lowest BCUT2D eigenvalue weighted by Gasteiger charge is -2.10. The molecule has 0 aliphatic heterocycles.